The van der Waals surface area contributed by atoms with Gasteiger partial charge in [0.15, 0.2) is 0 Å². The molecule has 0 spiro atoms. The van der Waals surface area contributed by atoms with Crippen LogP contribution in [0, 0.1) is 0 Å². The van der Waals surface area contributed by atoms with Gasteiger partial charge in [-0.2, -0.15) is 0 Å². The van der Waals surface area contributed by atoms with Crippen LogP contribution in [0.15, 0.2) is 0 Å². The van der Waals surface area contributed by atoms with E-state index in [1.54, 1.807) is 14.2 Å². The van der Waals surface area contributed by atoms with Crippen LogP contribution in [0.2, 0.25) is 5.04 Å². The first-order valence-corrected chi connectivity index (χ1v) is 9.75. The zero-order valence-electron chi connectivity index (χ0n) is 14.6. The van der Waals surface area contributed by atoms with Crippen LogP contribution in [-0.4, -0.2) is 36.1 Å². The zero-order valence-corrected chi connectivity index (χ0v) is 15.7. The van der Waals surface area contributed by atoms with E-state index in [0.29, 0.717) is 6.61 Å². The van der Waals surface area contributed by atoms with E-state index in [4.69, 9.17) is 13.6 Å². The van der Waals surface area contributed by atoms with Crippen molar-refractivity contribution >= 4 is 15.3 Å². The van der Waals surface area contributed by atoms with Crippen molar-refractivity contribution in [3.05, 3.63) is 0 Å². The smallest absolute Gasteiger partial charge is 0.338 e. The lowest BCUT2D eigenvalue weighted by atomic mass is 10.1. The van der Waals surface area contributed by atoms with E-state index in [0.717, 1.165) is 12.8 Å². The number of carbonyl (C=O) groups is 1. The van der Waals surface area contributed by atoms with Gasteiger partial charge in [-0.3, -0.25) is 4.79 Å². The monoisotopic (exact) mass is 318 g/mol. The number of hydrogen-bond acceptors (Lipinski definition) is 4. The van der Waals surface area contributed by atoms with E-state index in [1.165, 1.54) is 38.5 Å². The maximum Gasteiger partial charge on any atom is 0.338 e. The summed E-state index contributed by atoms with van der Waals surface area (Å²) in [7, 11) is 1.17. The summed E-state index contributed by atoms with van der Waals surface area (Å²) in [6.07, 6.45) is 9.92. The highest BCUT2D eigenvalue weighted by atomic mass is 28.3. The van der Waals surface area contributed by atoms with Gasteiger partial charge < -0.3 is 13.6 Å². The molecule has 0 aliphatic rings. The molecule has 0 rings (SSSR count). The van der Waals surface area contributed by atoms with Crippen LogP contribution < -0.4 is 0 Å². The molecule has 0 aromatic rings. The number of ether oxygens (including phenoxy) is 1. The third kappa shape index (κ3) is 8.59. The lowest BCUT2D eigenvalue weighted by Crippen LogP contribution is -2.39. The van der Waals surface area contributed by atoms with Gasteiger partial charge in [0.05, 0.1) is 6.61 Å². The predicted molar refractivity (Wildman–Crippen MR) is 88.8 cm³/mol. The van der Waals surface area contributed by atoms with Gasteiger partial charge in [0.25, 0.3) is 0 Å². The summed E-state index contributed by atoms with van der Waals surface area (Å²) in [5, 5.41) is -0.649. The van der Waals surface area contributed by atoms with Gasteiger partial charge in [-0.1, -0.05) is 51.9 Å². The summed E-state index contributed by atoms with van der Waals surface area (Å²) in [6.45, 7) is 6.42. The Hall–Kier alpha value is -0.393. The van der Waals surface area contributed by atoms with Gasteiger partial charge in [0, 0.05) is 14.2 Å². The number of hydrogen-bond donors (Lipinski definition) is 0. The lowest BCUT2D eigenvalue weighted by molar-refractivity contribution is -0.147. The van der Waals surface area contributed by atoms with Crippen LogP contribution in [0.25, 0.3) is 0 Å². The molecule has 0 radical (unpaired) electrons. The minimum atomic E-state index is -2.01. The quantitative estimate of drug-likeness (QED) is 0.293. The average molecular weight is 319 g/mol. The van der Waals surface area contributed by atoms with Crippen LogP contribution in [0.5, 0.6) is 0 Å². The summed E-state index contributed by atoms with van der Waals surface area (Å²) in [4.78, 5) is 12.1. The molecule has 0 bridgehead atoms. The van der Waals surface area contributed by atoms with Crippen molar-refractivity contribution in [3.8, 4) is 0 Å². The summed E-state index contributed by atoms with van der Waals surface area (Å²) in [5.74, 6) is -0.203. The Balaban J connectivity index is 3.70. The Kier molecular flexibility index (Phi) is 12.0. The van der Waals surface area contributed by atoms with Crippen molar-refractivity contribution in [1.29, 1.82) is 0 Å². The Morgan fingerprint density at radius 1 is 0.905 bits per heavy atom. The molecule has 21 heavy (non-hydrogen) atoms. The van der Waals surface area contributed by atoms with E-state index in [-0.39, 0.29) is 5.97 Å². The summed E-state index contributed by atoms with van der Waals surface area (Å²) in [5.41, 5.74) is 0. The largest absolute Gasteiger partial charge is 0.465 e. The fraction of sp³-hybridized carbons (Fsp3) is 0.938. The minimum absolute atomic E-state index is 0.203. The predicted octanol–water partition coefficient (Wildman–Crippen LogP) is 3.96. The second-order valence-corrected chi connectivity index (χ2v) is 9.19. The van der Waals surface area contributed by atoms with Crippen molar-refractivity contribution in [2.75, 3.05) is 20.8 Å². The first kappa shape index (κ1) is 20.6. The molecular formula is C16H34O4Si. The van der Waals surface area contributed by atoms with E-state index >= 15 is 0 Å². The van der Waals surface area contributed by atoms with Gasteiger partial charge in [-0.05, 0) is 20.3 Å². The number of unbranched alkanes of at least 4 members (excludes halogenated alkanes) is 7. The molecule has 4 nitrogen and oxygen atoms in total. The number of esters is 1. The van der Waals surface area contributed by atoms with Crippen LogP contribution in [0.3, 0.4) is 0 Å². The molecule has 0 unspecified atom stereocenters. The SMILES string of the molecule is CCCCCCCCCCOC(=O)C(C)(C)[SiH](OC)OC. The summed E-state index contributed by atoms with van der Waals surface area (Å²) in [6, 6.07) is 0. The van der Waals surface area contributed by atoms with Crippen molar-refractivity contribution in [3.63, 3.8) is 0 Å². The highest BCUT2D eigenvalue weighted by Crippen LogP contribution is 2.30. The maximum atomic E-state index is 12.1. The first-order valence-electron chi connectivity index (χ1n) is 8.23. The average Bonchev–Trinajstić information content (AvgIpc) is 2.46. The van der Waals surface area contributed by atoms with Crippen LogP contribution in [0.1, 0.15) is 72.1 Å². The molecule has 0 aliphatic heterocycles. The Labute approximate surface area is 132 Å². The zero-order chi connectivity index (χ0) is 16.1. The first-order chi connectivity index (χ1) is 10.0. The van der Waals surface area contributed by atoms with E-state index in [1.807, 2.05) is 13.8 Å². The van der Waals surface area contributed by atoms with Gasteiger partial charge >= 0.3 is 15.3 Å². The molecule has 5 heteroatoms. The van der Waals surface area contributed by atoms with Crippen LogP contribution in [-0.2, 0) is 18.4 Å². The second kappa shape index (κ2) is 12.2. The van der Waals surface area contributed by atoms with E-state index in [9.17, 15) is 4.79 Å². The van der Waals surface area contributed by atoms with Crippen LogP contribution >= 0.6 is 0 Å². The van der Waals surface area contributed by atoms with E-state index in [2.05, 4.69) is 6.92 Å². The molecule has 0 atom stereocenters. The fourth-order valence-electron chi connectivity index (χ4n) is 2.37. The third-order valence-corrected chi connectivity index (χ3v) is 6.05. The molecular weight excluding hydrogens is 284 g/mol. The molecule has 0 saturated carbocycles. The highest BCUT2D eigenvalue weighted by molar-refractivity contribution is 6.53. The normalized spacial score (nSPS) is 11.9. The molecule has 0 heterocycles. The molecule has 0 amide bonds. The Morgan fingerprint density at radius 3 is 1.86 bits per heavy atom. The second-order valence-electron chi connectivity index (χ2n) is 6.14. The molecule has 0 N–H and O–H groups in total. The summed E-state index contributed by atoms with van der Waals surface area (Å²) >= 11 is 0. The number of rotatable bonds is 13. The number of carbonyl (C=O) groups excluding carboxylic acids is 1. The molecule has 0 aliphatic carbocycles. The summed E-state index contributed by atoms with van der Waals surface area (Å²) < 4.78 is 16.0. The molecule has 0 saturated heterocycles. The van der Waals surface area contributed by atoms with Crippen LogP contribution in [0.4, 0.5) is 0 Å². The van der Waals surface area contributed by atoms with Gasteiger partial charge in [0.2, 0.25) is 0 Å². The van der Waals surface area contributed by atoms with Gasteiger partial charge in [-0.15, -0.1) is 0 Å². The van der Waals surface area contributed by atoms with E-state index < -0.39 is 14.3 Å². The molecule has 126 valence electrons. The van der Waals surface area contributed by atoms with Gasteiger partial charge in [-0.25, -0.2) is 0 Å². The van der Waals surface area contributed by atoms with Crippen molar-refractivity contribution in [2.45, 2.75) is 77.2 Å². The molecule has 0 aromatic carbocycles. The Bertz CT molecular complexity index is 265. The third-order valence-electron chi connectivity index (χ3n) is 3.77. The Morgan fingerprint density at radius 2 is 1.38 bits per heavy atom. The maximum absolute atomic E-state index is 12.1. The standard InChI is InChI=1S/C16H34O4Si/c1-6-7-8-9-10-11-12-13-14-20-15(17)16(2,3)21(18-4)19-5/h21H,6-14H2,1-5H3. The lowest BCUT2D eigenvalue weighted by Gasteiger charge is -2.27. The van der Waals surface area contributed by atoms with Crippen molar-refractivity contribution in [1.82, 2.24) is 0 Å². The molecule has 0 fully saturated rings. The highest BCUT2D eigenvalue weighted by Gasteiger charge is 2.41. The molecule has 0 aromatic heterocycles. The fourth-order valence-corrected chi connectivity index (χ4v) is 4.02. The van der Waals surface area contributed by atoms with Crippen molar-refractivity contribution < 1.29 is 18.4 Å². The topological polar surface area (TPSA) is 44.8 Å². The van der Waals surface area contributed by atoms with Crippen molar-refractivity contribution in [2.24, 2.45) is 0 Å². The van der Waals surface area contributed by atoms with Gasteiger partial charge in [0.1, 0.15) is 5.04 Å². The minimum Gasteiger partial charge on any atom is -0.465 e.